The standard InChI is InChI=1S/C13H19N3O5/c1-8(17)16-7-9(18)6-11(16)12(19)15-10(13(20)21)4-2-3-5-14/h9-11,18H,2-4,6-7H2,1H3,(H,15,19)(H,20,21)/t9-,10+,11+/m1/s1. The molecule has 0 aromatic rings. The van der Waals surface area contributed by atoms with Crippen LogP contribution in [0.2, 0.25) is 0 Å². The van der Waals surface area contributed by atoms with Gasteiger partial charge >= 0.3 is 5.97 Å². The Morgan fingerprint density at radius 3 is 2.67 bits per heavy atom. The third-order valence-corrected chi connectivity index (χ3v) is 3.38. The summed E-state index contributed by atoms with van der Waals surface area (Å²) in [5.41, 5.74) is 0. The highest BCUT2D eigenvalue weighted by Crippen LogP contribution is 2.18. The van der Waals surface area contributed by atoms with Crippen molar-refractivity contribution in [3.05, 3.63) is 0 Å². The van der Waals surface area contributed by atoms with Crippen LogP contribution in [-0.2, 0) is 14.4 Å². The van der Waals surface area contributed by atoms with E-state index in [1.54, 1.807) is 0 Å². The Morgan fingerprint density at radius 1 is 1.48 bits per heavy atom. The zero-order chi connectivity index (χ0) is 16.0. The van der Waals surface area contributed by atoms with Gasteiger partial charge in [-0.15, -0.1) is 0 Å². The molecule has 1 rings (SSSR count). The van der Waals surface area contributed by atoms with E-state index in [0.29, 0.717) is 6.42 Å². The number of carbonyl (C=O) groups is 3. The largest absolute Gasteiger partial charge is 0.480 e. The fourth-order valence-electron chi connectivity index (χ4n) is 2.32. The van der Waals surface area contributed by atoms with E-state index in [-0.39, 0.29) is 31.7 Å². The Hall–Kier alpha value is -2.14. The van der Waals surface area contributed by atoms with Crippen LogP contribution >= 0.6 is 0 Å². The lowest BCUT2D eigenvalue weighted by molar-refractivity contribution is -0.143. The first kappa shape index (κ1) is 16.9. The van der Waals surface area contributed by atoms with E-state index in [9.17, 15) is 19.5 Å². The molecule has 3 atom stereocenters. The summed E-state index contributed by atoms with van der Waals surface area (Å²) < 4.78 is 0. The quantitative estimate of drug-likeness (QED) is 0.552. The molecule has 1 saturated heterocycles. The van der Waals surface area contributed by atoms with Crippen molar-refractivity contribution >= 4 is 17.8 Å². The maximum absolute atomic E-state index is 12.1. The molecule has 0 aromatic heterocycles. The second-order valence-electron chi connectivity index (χ2n) is 5.03. The number of unbranched alkanes of at least 4 members (excludes halogenated alkanes) is 1. The lowest BCUT2D eigenvalue weighted by Crippen LogP contribution is -2.50. The molecule has 1 heterocycles. The van der Waals surface area contributed by atoms with Gasteiger partial charge in [-0.05, 0) is 12.8 Å². The molecule has 21 heavy (non-hydrogen) atoms. The average Bonchev–Trinajstić information content (AvgIpc) is 2.80. The fourth-order valence-corrected chi connectivity index (χ4v) is 2.32. The van der Waals surface area contributed by atoms with Crippen molar-refractivity contribution in [2.24, 2.45) is 0 Å². The molecule has 0 aromatic carbocycles. The lowest BCUT2D eigenvalue weighted by Gasteiger charge is -2.24. The minimum absolute atomic E-state index is 0.0690. The average molecular weight is 297 g/mol. The van der Waals surface area contributed by atoms with Crippen LogP contribution in [0, 0.1) is 11.3 Å². The SMILES string of the molecule is CC(=O)N1C[C@H](O)C[C@H]1C(=O)N[C@@H](CCCC#N)C(=O)O. The van der Waals surface area contributed by atoms with Gasteiger partial charge in [-0.2, -0.15) is 5.26 Å². The second kappa shape index (κ2) is 7.59. The number of rotatable bonds is 6. The molecule has 1 aliphatic rings. The maximum atomic E-state index is 12.1. The van der Waals surface area contributed by atoms with Gasteiger partial charge in [-0.3, -0.25) is 9.59 Å². The number of likely N-dealkylation sites (tertiary alicyclic amines) is 1. The van der Waals surface area contributed by atoms with Crippen LogP contribution in [0.4, 0.5) is 0 Å². The number of nitrogens with zero attached hydrogens (tertiary/aromatic N) is 2. The number of aliphatic carboxylic acids is 1. The first-order valence-corrected chi connectivity index (χ1v) is 6.72. The molecule has 0 spiro atoms. The number of hydrogen-bond acceptors (Lipinski definition) is 5. The van der Waals surface area contributed by atoms with Crippen LogP contribution in [0.3, 0.4) is 0 Å². The number of nitrogens with one attached hydrogen (secondary N) is 1. The number of carboxylic acid groups (broad SMARTS) is 1. The summed E-state index contributed by atoms with van der Waals surface area (Å²) >= 11 is 0. The summed E-state index contributed by atoms with van der Waals surface area (Å²) in [5, 5.41) is 29.4. The van der Waals surface area contributed by atoms with Gasteiger partial charge in [0.05, 0.1) is 12.2 Å². The van der Waals surface area contributed by atoms with E-state index in [4.69, 9.17) is 10.4 Å². The number of carboxylic acids is 1. The molecular weight excluding hydrogens is 278 g/mol. The zero-order valence-corrected chi connectivity index (χ0v) is 11.8. The molecule has 0 radical (unpaired) electrons. The van der Waals surface area contributed by atoms with Crippen molar-refractivity contribution in [3.8, 4) is 6.07 Å². The van der Waals surface area contributed by atoms with E-state index in [1.165, 1.54) is 11.8 Å². The minimum atomic E-state index is -1.19. The summed E-state index contributed by atoms with van der Waals surface area (Å²) in [7, 11) is 0. The van der Waals surface area contributed by atoms with E-state index >= 15 is 0 Å². The number of aliphatic hydroxyl groups is 1. The lowest BCUT2D eigenvalue weighted by atomic mass is 10.1. The Labute approximate surface area is 122 Å². The maximum Gasteiger partial charge on any atom is 0.326 e. The molecule has 116 valence electrons. The highest BCUT2D eigenvalue weighted by atomic mass is 16.4. The van der Waals surface area contributed by atoms with Gasteiger partial charge in [-0.25, -0.2) is 4.79 Å². The van der Waals surface area contributed by atoms with Gasteiger partial charge in [0, 0.05) is 26.3 Å². The van der Waals surface area contributed by atoms with Gasteiger partial charge < -0.3 is 20.4 Å². The molecule has 8 nitrogen and oxygen atoms in total. The van der Waals surface area contributed by atoms with Crippen molar-refractivity contribution in [2.75, 3.05) is 6.54 Å². The van der Waals surface area contributed by atoms with Gasteiger partial charge in [0.1, 0.15) is 12.1 Å². The van der Waals surface area contributed by atoms with Crippen molar-refractivity contribution in [2.45, 2.75) is 50.8 Å². The van der Waals surface area contributed by atoms with Crippen LogP contribution in [0.1, 0.15) is 32.6 Å². The van der Waals surface area contributed by atoms with E-state index in [1.807, 2.05) is 6.07 Å². The van der Waals surface area contributed by atoms with Crippen LogP contribution in [0.5, 0.6) is 0 Å². The third kappa shape index (κ3) is 4.72. The van der Waals surface area contributed by atoms with Gasteiger partial charge in [-0.1, -0.05) is 0 Å². The third-order valence-electron chi connectivity index (χ3n) is 3.38. The summed E-state index contributed by atoms with van der Waals surface area (Å²) in [4.78, 5) is 35.9. The van der Waals surface area contributed by atoms with Crippen molar-refractivity contribution in [3.63, 3.8) is 0 Å². The number of β-amino-alcohol motifs (C(OH)–C–C–N with tert-alkyl or cyclic N) is 1. The summed E-state index contributed by atoms with van der Waals surface area (Å²) in [6.45, 7) is 1.36. The molecular formula is C13H19N3O5. The first-order chi connectivity index (χ1) is 9.86. The number of hydrogen-bond donors (Lipinski definition) is 3. The van der Waals surface area contributed by atoms with Gasteiger partial charge in [0.25, 0.3) is 0 Å². The number of aliphatic hydroxyl groups excluding tert-OH is 1. The van der Waals surface area contributed by atoms with Crippen molar-refractivity contribution in [1.82, 2.24) is 10.2 Å². The summed E-state index contributed by atoms with van der Waals surface area (Å²) in [6, 6.07) is -0.0446. The smallest absolute Gasteiger partial charge is 0.326 e. The monoisotopic (exact) mass is 297 g/mol. The molecule has 1 aliphatic heterocycles. The van der Waals surface area contributed by atoms with Crippen LogP contribution in [-0.4, -0.2) is 57.6 Å². The van der Waals surface area contributed by atoms with Crippen LogP contribution < -0.4 is 5.32 Å². The summed E-state index contributed by atoms with van der Waals surface area (Å²) in [6.07, 6.45) is 0.0187. The number of amides is 2. The molecule has 0 saturated carbocycles. The molecule has 1 fully saturated rings. The molecule has 3 N–H and O–H groups in total. The molecule has 0 unspecified atom stereocenters. The van der Waals surface area contributed by atoms with Gasteiger partial charge in [0.15, 0.2) is 0 Å². The molecule has 0 aliphatic carbocycles. The van der Waals surface area contributed by atoms with E-state index in [2.05, 4.69) is 5.32 Å². The minimum Gasteiger partial charge on any atom is -0.480 e. The topological polar surface area (TPSA) is 131 Å². The molecule has 2 amide bonds. The fraction of sp³-hybridized carbons (Fsp3) is 0.692. The molecule has 8 heteroatoms. The predicted octanol–water partition coefficient (Wildman–Crippen LogP) is -0.769. The number of nitriles is 1. The zero-order valence-electron chi connectivity index (χ0n) is 11.8. The Morgan fingerprint density at radius 2 is 2.14 bits per heavy atom. The van der Waals surface area contributed by atoms with Crippen molar-refractivity contribution in [1.29, 1.82) is 5.26 Å². The van der Waals surface area contributed by atoms with E-state index in [0.717, 1.165) is 0 Å². The highest BCUT2D eigenvalue weighted by molar-refractivity contribution is 5.90. The first-order valence-electron chi connectivity index (χ1n) is 6.72. The predicted molar refractivity (Wildman–Crippen MR) is 70.8 cm³/mol. The number of carbonyl (C=O) groups excluding carboxylic acids is 2. The van der Waals surface area contributed by atoms with Gasteiger partial charge in [0.2, 0.25) is 11.8 Å². The normalized spacial score (nSPS) is 22.4. The summed E-state index contributed by atoms with van der Waals surface area (Å²) in [5.74, 6) is -2.12. The van der Waals surface area contributed by atoms with E-state index < -0.39 is 30.1 Å². The van der Waals surface area contributed by atoms with Crippen LogP contribution in [0.15, 0.2) is 0 Å². The van der Waals surface area contributed by atoms with Crippen molar-refractivity contribution < 1.29 is 24.6 Å². The Kier molecular flexibility index (Phi) is 6.11. The molecule has 0 bridgehead atoms. The highest BCUT2D eigenvalue weighted by Gasteiger charge is 2.38. The Bertz CT molecular complexity index is 459. The second-order valence-corrected chi connectivity index (χ2v) is 5.03. The Balaban J connectivity index is 2.66. The van der Waals surface area contributed by atoms with Crippen LogP contribution in [0.25, 0.3) is 0 Å².